The minimum atomic E-state index is 0. The molecule has 2 N–H and O–H groups in total. The van der Waals surface area contributed by atoms with Crippen molar-refractivity contribution in [2.75, 3.05) is 37.7 Å². The third-order valence-corrected chi connectivity index (χ3v) is 5.12. The zero-order chi connectivity index (χ0) is 18.2. The summed E-state index contributed by atoms with van der Waals surface area (Å²) in [5.74, 6) is 1.23. The van der Waals surface area contributed by atoms with E-state index in [1.807, 2.05) is 23.7 Å². The summed E-state index contributed by atoms with van der Waals surface area (Å²) in [6.07, 6.45) is 5.71. The molecular formula is C18H27IN6OS. The number of anilines is 1. The molecule has 7 nitrogen and oxygen atoms in total. The molecule has 0 amide bonds. The Labute approximate surface area is 181 Å². The van der Waals surface area contributed by atoms with Gasteiger partial charge in [0.1, 0.15) is 0 Å². The summed E-state index contributed by atoms with van der Waals surface area (Å²) < 4.78 is 5.76. The molecule has 2 aromatic rings. The van der Waals surface area contributed by atoms with Crippen molar-refractivity contribution in [2.24, 2.45) is 10.7 Å². The number of ether oxygens (including phenoxy) is 1. The highest BCUT2D eigenvalue weighted by Gasteiger charge is 2.19. The number of pyridine rings is 1. The molecule has 1 aliphatic rings. The number of hydrogen-bond acceptors (Lipinski definition) is 6. The maximum absolute atomic E-state index is 6.22. The van der Waals surface area contributed by atoms with Gasteiger partial charge in [-0.2, -0.15) is 0 Å². The minimum Gasteiger partial charge on any atom is -0.477 e. The maximum atomic E-state index is 6.22. The molecule has 2 aromatic heterocycles. The van der Waals surface area contributed by atoms with Crippen molar-refractivity contribution in [1.29, 1.82) is 0 Å². The lowest BCUT2D eigenvalue weighted by atomic mass is 10.2. The lowest BCUT2D eigenvalue weighted by molar-refractivity contribution is 0.294. The maximum Gasteiger partial charge on any atom is 0.218 e. The fourth-order valence-corrected chi connectivity index (χ4v) is 3.45. The Kier molecular flexibility index (Phi) is 9.05. The van der Waals surface area contributed by atoms with E-state index in [4.69, 9.17) is 10.5 Å². The van der Waals surface area contributed by atoms with Gasteiger partial charge in [0.15, 0.2) is 11.1 Å². The third kappa shape index (κ3) is 6.20. The van der Waals surface area contributed by atoms with Gasteiger partial charge in [0.2, 0.25) is 5.88 Å². The highest BCUT2D eigenvalue weighted by atomic mass is 127. The van der Waals surface area contributed by atoms with Gasteiger partial charge in [-0.25, -0.2) is 15.0 Å². The van der Waals surface area contributed by atoms with Crippen LogP contribution in [0.3, 0.4) is 0 Å². The summed E-state index contributed by atoms with van der Waals surface area (Å²) in [5, 5.41) is 3.08. The SMILES string of the molecule is CCCCOc1ncccc1CN=C(N)N1CCN(c2nccs2)CC1.I. The number of aromatic nitrogens is 2. The molecule has 0 aromatic carbocycles. The molecule has 1 saturated heterocycles. The number of halogens is 1. The average Bonchev–Trinajstić information content (AvgIpc) is 3.22. The molecule has 1 fully saturated rings. The molecule has 27 heavy (non-hydrogen) atoms. The number of guanidine groups is 1. The molecule has 0 aliphatic carbocycles. The average molecular weight is 502 g/mol. The van der Waals surface area contributed by atoms with Crippen LogP contribution in [0.1, 0.15) is 25.3 Å². The van der Waals surface area contributed by atoms with E-state index in [-0.39, 0.29) is 24.0 Å². The second-order valence-corrected chi connectivity index (χ2v) is 7.01. The van der Waals surface area contributed by atoms with E-state index in [1.165, 1.54) is 0 Å². The lowest BCUT2D eigenvalue weighted by Crippen LogP contribution is -2.51. The van der Waals surface area contributed by atoms with Crippen LogP contribution in [-0.2, 0) is 6.54 Å². The highest BCUT2D eigenvalue weighted by molar-refractivity contribution is 14.0. The topological polar surface area (TPSA) is 79.9 Å². The van der Waals surface area contributed by atoms with Gasteiger partial charge in [0, 0.05) is 49.5 Å². The Morgan fingerprint density at radius 1 is 1.26 bits per heavy atom. The summed E-state index contributed by atoms with van der Waals surface area (Å²) in [6.45, 7) is 6.81. The van der Waals surface area contributed by atoms with Crippen molar-refractivity contribution in [3.8, 4) is 5.88 Å². The monoisotopic (exact) mass is 502 g/mol. The van der Waals surface area contributed by atoms with Crippen LogP contribution in [0.15, 0.2) is 34.9 Å². The molecule has 0 bridgehead atoms. The number of nitrogens with two attached hydrogens (primary N) is 1. The zero-order valence-electron chi connectivity index (χ0n) is 15.6. The van der Waals surface area contributed by atoms with Crippen LogP contribution in [-0.4, -0.2) is 53.6 Å². The van der Waals surface area contributed by atoms with Crippen LogP contribution in [0.4, 0.5) is 5.13 Å². The molecule has 1 aliphatic heterocycles. The molecule has 0 unspecified atom stereocenters. The fraction of sp³-hybridized carbons (Fsp3) is 0.500. The number of hydrogen-bond donors (Lipinski definition) is 1. The van der Waals surface area contributed by atoms with Crippen molar-refractivity contribution in [2.45, 2.75) is 26.3 Å². The molecule has 0 atom stereocenters. The highest BCUT2D eigenvalue weighted by Crippen LogP contribution is 2.19. The second-order valence-electron chi connectivity index (χ2n) is 6.13. The summed E-state index contributed by atoms with van der Waals surface area (Å²) >= 11 is 1.67. The molecule has 0 saturated carbocycles. The molecular weight excluding hydrogens is 475 g/mol. The van der Waals surface area contributed by atoms with Crippen LogP contribution >= 0.6 is 35.3 Å². The third-order valence-electron chi connectivity index (χ3n) is 4.29. The first-order valence-corrected chi connectivity index (χ1v) is 9.92. The van der Waals surface area contributed by atoms with E-state index in [1.54, 1.807) is 17.5 Å². The van der Waals surface area contributed by atoms with Gasteiger partial charge in [0.05, 0.1) is 13.2 Å². The predicted molar refractivity (Wildman–Crippen MR) is 121 cm³/mol. The van der Waals surface area contributed by atoms with Crippen LogP contribution < -0.4 is 15.4 Å². The molecule has 0 spiro atoms. The van der Waals surface area contributed by atoms with Gasteiger partial charge in [-0.1, -0.05) is 19.4 Å². The largest absolute Gasteiger partial charge is 0.477 e. The van der Waals surface area contributed by atoms with Crippen molar-refractivity contribution in [1.82, 2.24) is 14.9 Å². The number of unbranched alkanes of at least 4 members (excludes halogenated alkanes) is 1. The van der Waals surface area contributed by atoms with Gasteiger partial charge in [-0.05, 0) is 12.5 Å². The smallest absolute Gasteiger partial charge is 0.218 e. The first kappa shape index (κ1) is 21.7. The molecule has 0 radical (unpaired) electrons. The molecule has 9 heteroatoms. The van der Waals surface area contributed by atoms with Crippen molar-refractivity contribution in [3.63, 3.8) is 0 Å². The summed E-state index contributed by atoms with van der Waals surface area (Å²) in [4.78, 5) is 17.7. The van der Waals surface area contributed by atoms with E-state index in [0.29, 0.717) is 25.0 Å². The summed E-state index contributed by atoms with van der Waals surface area (Å²) in [7, 11) is 0. The number of thiazole rings is 1. The Morgan fingerprint density at radius 3 is 2.78 bits per heavy atom. The van der Waals surface area contributed by atoms with E-state index in [2.05, 4.69) is 31.7 Å². The molecule has 148 valence electrons. The fourth-order valence-electron chi connectivity index (χ4n) is 2.75. The minimum absolute atomic E-state index is 0. The van der Waals surface area contributed by atoms with E-state index < -0.39 is 0 Å². The van der Waals surface area contributed by atoms with Crippen LogP contribution in [0.2, 0.25) is 0 Å². The zero-order valence-corrected chi connectivity index (χ0v) is 18.7. The summed E-state index contributed by atoms with van der Waals surface area (Å²) in [5.41, 5.74) is 7.18. The van der Waals surface area contributed by atoms with Crippen molar-refractivity contribution >= 4 is 46.4 Å². The van der Waals surface area contributed by atoms with Crippen LogP contribution in [0.5, 0.6) is 5.88 Å². The van der Waals surface area contributed by atoms with Crippen LogP contribution in [0, 0.1) is 0 Å². The first-order chi connectivity index (χ1) is 12.8. The number of piperazine rings is 1. The standard InChI is InChI=1S/C18H26N6OS.HI/c1-2-3-12-25-16-15(5-4-6-20-16)14-22-17(19)23-8-10-24(11-9-23)18-21-7-13-26-18;/h4-7,13H,2-3,8-12,14H2,1H3,(H2,19,22);1H. The Hall–Kier alpha value is -1.62. The van der Waals surface area contributed by atoms with Crippen LogP contribution in [0.25, 0.3) is 0 Å². The predicted octanol–water partition coefficient (Wildman–Crippen LogP) is 2.97. The Balaban J connectivity index is 0.00000261. The lowest BCUT2D eigenvalue weighted by Gasteiger charge is -2.35. The first-order valence-electron chi connectivity index (χ1n) is 9.04. The van der Waals surface area contributed by atoms with E-state index in [0.717, 1.165) is 49.7 Å². The van der Waals surface area contributed by atoms with Gasteiger partial charge >= 0.3 is 0 Å². The van der Waals surface area contributed by atoms with Crippen molar-refractivity contribution in [3.05, 3.63) is 35.5 Å². The van der Waals surface area contributed by atoms with Gasteiger partial charge in [-0.3, -0.25) is 0 Å². The Morgan fingerprint density at radius 2 is 2.07 bits per heavy atom. The van der Waals surface area contributed by atoms with Gasteiger partial charge in [-0.15, -0.1) is 35.3 Å². The number of nitrogens with zero attached hydrogens (tertiary/aromatic N) is 5. The Bertz CT molecular complexity index is 704. The van der Waals surface area contributed by atoms with E-state index in [9.17, 15) is 0 Å². The number of rotatable bonds is 7. The van der Waals surface area contributed by atoms with Crippen molar-refractivity contribution < 1.29 is 4.74 Å². The quantitative estimate of drug-likeness (QED) is 0.272. The van der Waals surface area contributed by atoms with Gasteiger partial charge < -0.3 is 20.3 Å². The second kappa shape index (κ2) is 11.3. The van der Waals surface area contributed by atoms with E-state index >= 15 is 0 Å². The number of aliphatic imine (C=N–C) groups is 1. The summed E-state index contributed by atoms with van der Waals surface area (Å²) in [6, 6.07) is 3.89. The van der Waals surface area contributed by atoms with Gasteiger partial charge in [0.25, 0.3) is 0 Å². The molecule has 3 heterocycles. The normalized spacial score (nSPS) is 14.8. The molecule has 3 rings (SSSR count).